The molecular weight excluding hydrogens is 295 g/mol. The van der Waals surface area contributed by atoms with Crippen molar-refractivity contribution in [1.82, 2.24) is 15.2 Å². The molecule has 0 aliphatic carbocycles. The zero-order chi connectivity index (χ0) is 14.9. The number of rotatable bonds is 4. The van der Waals surface area contributed by atoms with Gasteiger partial charge >= 0.3 is 0 Å². The number of nitrogens with one attached hydrogen (secondary N) is 1. The van der Waals surface area contributed by atoms with Crippen molar-refractivity contribution in [1.29, 1.82) is 0 Å². The maximum Gasteiger partial charge on any atom is 0.0644 e. The molecule has 0 aliphatic heterocycles. The smallest absolute Gasteiger partial charge is 0.0644 e. The Morgan fingerprint density at radius 2 is 2.05 bits per heavy atom. The molecule has 1 atom stereocenters. The van der Waals surface area contributed by atoms with E-state index >= 15 is 0 Å². The molecule has 2 aromatic rings. The van der Waals surface area contributed by atoms with Crippen LogP contribution in [0.2, 0.25) is 10.0 Å². The average molecular weight is 313 g/mol. The maximum atomic E-state index is 6.23. The lowest BCUT2D eigenvalue weighted by Crippen LogP contribution is -2.30. The van der Waals surface area contributed by atoms with Gasteiger partial charge in [0.2, 0.25) is 0 Å². The van der Waals surface area contributed by atoms with Gasteiger partial charge in [-0.05, 0) is 38.0 Å². The van der Waals surface area contributed by atoms with Gasteiger partial charge in [0.25, 0.3) is 0 Å². The molecule has 1 heterocycles. The summed E-state index contributed by atoms with van der Waals surface area (Å²) in [7, 11) is 1.93. The quantitative estimate of drug-likeness (QED) is 0.674. The van der Waals surface area contributed by atoms with Crippen molar-refractivity contribution < 1.29 is 0 Å². The predicted octanol–water partition coefficient (Wildman–Crippen LogP) is 3.09. The van der Waals surface area contributed by atoms with Gasteiger partial charge in [-0.25, -0.2) is 0 Å². The molecule has 0 aliphatic rings. The second kappa shape index (κ2) is 6.14. The third kappa shape index (κ3) is 2.99. The van der Waals surface area contributed by atoms with E-state index in [4.69, 9.17) is 29.0 Å². The summed E-state index contributed by atoms with van der Waals surface area (Å²) >= 11 is 12.1. The Hall–Kier alpha value is -1.07. The van der Waals surface area contributed by atoms with Crippen molar-refractivity contribution in [3.63, 3.8) is 0 Å². The predicted molar refractivity (Wildman–Crippen MR) is 82.9 cm³/mol. The summed E-state index contributed by atoms with van der Waals surface area (Å²) in [4.78, 5) is 0. The number of aromatic nitrogens is 2. The Morgan fingerprint density at radius 3 is 2.55 bits per heavy atom. The van der Waals surface area contributed by atoms with Gasteiger partial charge in [-0.2, -0.15) is 5.10 Å². The highest BCUT2D eigenvalue weighted by molar-refractivity contribution is 6.35. The van der Waals surface area contributed by atoms with E-state index in [0.717, 1.165) is 22.5 Å². The van der Waals surface area contributed by atoms with Crippen molar-refractivity contribution in [3.05, 3.63) is 50.8 Å². The maximum absolute atomic E-state index is 6.23. The molecule has 0 amide bonds. The number of nitrogens with two attached hydrogens (primary N) is 1. The van der Waals surface area contributed by atoms with Gasteiger partial charge in [0.05, 0.1) is 11.7 Å². The molecule has 1 unspecified atom stereocenters. The summed E-state index contributed by atoms with van der Waals surface area (Å²) in [6.07, 6.45) is 0.680. The molecule has 2 rings (SSSR count). The molecule has 0 saturated carbocycles. The first-order valence-corrected chi connectivity index (χ1v) is 7.09. The number of benzene rings is 1. The summed E-state index contributed by atoms with van der Waals surface area (Å²) < 4.78 is 1.86. The number of hydrazine groups is 1. The molecule has 0 spiro atoms. The van der Waals surface area contributed by atoms with E-state index in [-0.39, 0.29) is 6.04 Å². The Labute approximate surface area is 128 Å². The fourth-order valence-electron chi connectivity index (χ4n) is 2.45. The van der Waals surface area contributed by atoms with Crippen LogP contribution in [-0.2, 0) is 13.5 Å². The standard InChI is InChI=1S/C14H18Cl2N4/c1-8-14(9(2)20(3)19-8)13(18-17)6-10-4-5-11(15)7-12(10)16/h4-5,7,13,18H,6,17H2,1-3H3. The summed E-state index contributed by atoms with van der Waals surface area (Å²) in [5.74, 6) is 5.72. The largest absolute Gasteiger partial charge is 0.272 e. The minimum Gasteiger partial charge on any atom is -0.272 e. The number of aryl methyl sites for hydroxylation is 2. The Morgan fingerprint density at radius 1 is 1.35 bits per heavy atom. The summed E-state index contributed by atoms with van der Waals surface area (Å²) in [6.45, 7) is 4.01. The molecule has 1 aromatic carbocycles. The summed E-state index contributed by atoms with van der Waals surface area (Å²) in [5, 5.41) is 5.70. The Kier molecular flexibility index (Phi) is 4.70. The van der Waals surface area contributed by atoms with Crippen LogP contribution in [0.15, 0.2) is 18.2 Å². The molecule has 108 valence electrons. The molecule has 0 radical (unpaired) electrons. The van der Waals surface area contributed by atoms with E-state index < -0.39 is 0 Å². The van der Waals surface area contributed by atoms with E-state index in [2.05, 4.69) is 10.5 Å². The molecular formula is C14H18Cl2N4. The van der Waals surface area contributed by atoms with Crippen molar-refractivity contribution in [2.24, 2.45) is 12.9 Å². The lowest BCUT2D eigenvalue weighted by atomic mass is 9.98. The first kappa shape index (κ1) is 15.3. The van der Waals surface area contributed by atoms with Crippen LogP contribution in [0.5, 0.6) is 0 Å². The average Bonchev–Trinajstić information content (AvgIpc) is 2.63. The normalized spacial score (nSPS) is 12.7. The first-order chi connectivity index (χ1) is 9.43. The lowest BCUT2D eigenvalue weighted by Gasteiger charge is -2.18. The van der Waals surface area contributed by atoms with Crippen LogP contribution in [0.25, 0.3) is 0 Å². The second-order valence-corrected chi connectivity index (χ2v) is 5.71. The molecule has 3 N–H and O–H groups in total. The topological polar surface area (TPSA) is 55.9 Å². The molecule has 20 heavy (non-hydrogen) atoms. The minimum absolute atomic E-state index is 0.0395. The third-order valence-electron chi connectivity index (χ3n) is 3.55. The van der Waals surface area contributed by atoms with Gasteiger partial charge in [-0.1, -0.05) is 29.3 Å². The van der Waals surface area contributed by atoms with Crippen LogP contribution in [0, 0.1) is 13.8 Å². The van der Waals surface area contributed by atoms with Crippen molar-refractivity contribution in [2.45, 2.75) is 26.3 Å². The molecule has 1 aromatic heterocycles. The van der Waals surface area contributed by atoms with Crippen molar-refractivity contribution in [2.75, 3.05) is 0 Å². The molecule has 0 fully saturated rings. The van der Waals surface area contributed by atoms with E-state index in [9.17, 15) is 0 Å². The van der Waals surface area contributed by atoms with Gasteiger partial charge in [0.15, 0.2) is 0 Å². The minimum atomic E-state index is -0.0395. The van der Waals surface area contributed by atoms with Gasteiger partial charge in [0.1, 0.15) is 0 Å². The molecule has 0 bridgehead atoms. The first-order valence-electron chi connectivity index (χ1n) is 6.34. The monoisotopic (exact) mass is 312 g/mol. The van der Waals surface area contributed by atoms with E-state index in [1.54, 1.807) is 6.07 Å². The van der Waals surface area contributed by atoms with Gasteiger partial charge in [-0.3, -0.25) is 16.0 Å². The summed E-state index contributed by atoms with van der Waals surface area (Å²) in [5.41, 5.74) is 7.04. The van der Waals surface area contributed by atoms with Crippen LogP contribution >= 0.6 is 23.2 Å². The highest BCUT2D eigenvalue weighted by Gasteiger charge is 2.20. The van der Waals surface area contributed by atoms with E-state index in [1.165, 1.54) is 0 Å². The lowest BCUT2D eigenvalue weighted by molar-refractivity contribution is 0.546. The fourth-order valence-corrected chi connectivity index (χ4v) is 2.93. The van der Waals surface area contributed by atoms with Crippen LogP contribution in [0.4, 0.5) is 0 Å². The van der Waals surface area contributed by atoms with Crippen LogP contribution in [0.1, 0.15) is 28.6 Å². The SMILES string of the molecule is Cc1nn(C)c(C)c1C(Cc1ccc(Cl)cc1Cl)NN. The van der Waals surface area contributed by atoms with Crippen molar-refractivity contribution in [3.8, 4) is 0 Å². The Balaban J connectivity index is 2.33. The Bertz CT molecular complexity index is 622. The van der Waals surface area contributed by atoms with Crippen LogP contribution in [-0.4, -0.2) is 9.78 Å². The van der Waals surface area contributed by atoms with Crippen LogP contribution in [0.3, 0.4) is 0 Å². The fraction of sp³-hybridized carbons (Fsp3) is 0.357. The zero-order valence-electron chi connectivity index (χ0n) is 11.7. The number of nitrogens with zero attached hydrogens (tertiary/aromatic N) is 2. The van der Waals surface area contributed by atoms with Gasteiger partial charge in [-0.15, -0.1) is 0 Å². The van der Waals surface area contributed by atoms with Crippen molar-refractivity contribution >= 4 is 23.2 Å². The summed E-state index contributed by atoms with van der Waals surface area (Å²) in [6, 6.07) is 5.46. The highest BCUT2D eigenvalue weighted by atomic mass is 35.5. The molecule has 0 saturated heterocycles. The third-order valence-corrected chi connectivity index (χ3v) is 4.14. The highest BCUT2D eigenvalue weighted by Crippen LogP contribution is 2.28. The van der Waals surface area contributed by atoms with E-state index in [0.29, 0.717) is 16.5 Å². The zero-order valence-corrected chi connectivity index (χ0v) is 13.3. The molecule has 4 nitrogen and oxygen atoms in total. The number of hydrogen-bond donors (Lipinski definition) is 2. The van der Waals surface area contributed by atoms with Gasteiger partial charge in [0, 0.05) is 28.4 Å². The van der Waals surface area contributed by atoms with Gasteiger partial charge < -0.3 is 0 Å². The van der Waals surface area contributed by atoms with Crippen LogP contribution < -0.4 is 11.3 Å². The molecule has 6 heteroatoms. The van der Waals surface area contributed by atoms with E-state index in [1.807, 2.05) is 37.7 Å². The second-order valence-electron chi connectivity index (χ2n) is 4.87. The number of hydrogen-bond acceptors (Lipinski definition) is 3. The number of halogens is 2.